The Hall–Kier alpha value is -1.92. The fraction of sp³-hybridized carbons (Fsp3) is 0.846. The molecule has 7 heteroatoms. The number of hydrogen-bond acceptors (Lipinski definition) is 6. The van der Waals surface area contributed by atoms with Gasteiger partial charge in [0, 0.05) is 19.1 Å². The van der Waals surface area contributed by atoms with Crippen molar-refractivity contribution < 1.29 is 4.92 Å². The fourth-order valence-electron chi connectivity index (χ4n) is 4.82. The maximum Gasteiger partial charge on any atom is 0.353 e. The van der Waals surface area contributed by atoms with Crippen LogP contribution in [-0.4, -0.2) is 34.0 Å². The molecule has 7 nitrogen and oxygen atoms in total. The van der Waals surface area contributed by atoms with E-state index in [1.54, 1.807) is 0 Å². The molecule has 0 amide bonds. The third-order valence-electron chi connectivity index (χ3n) is 6.88. The highest BCUT2D eigenvalue weighted by Crippen LogP contribution is 2.35. The molecule has 1 fully saturated rings. The van der Waals surface area contributed by atoms with Gasteiger partial charge in [-0.25, -0.2) is 9.97 Å². The van der Waals surface area contributed by atoms with E-state index in [4.69, 9.17) is 0 Å². The second-order valence-corrected chi connectivity index (χ2v) is 9.71. The second kappa shape index (κ2) is 16.7. The summed E-state index contributed by atoms with van der Waals surface area (Å²) in [6, 6.07) is 0.269. The molecule has 0 saturated carbocycles. The van der Waals surface area contributed by atoms with E-state index >= 15 is 0 Å². The number of nitrogens with zero attached hydrogens (tertiary/aromatic N) is 4. The van der Waals surface area contributed by atoms with Crippen LogP contribution >= 0.6 is 0 Å². The fourth-order valence-corrected chi connectivity index (χ4v) is 4.82. The summed E-state index contributed by atoms with van der Waals surface area (Å²) in [6.07, 6.45) is 23.2. The lowest BCUT2D eigenvalue weighted by molar-refractivity contribution is -0.383. The number of nitro groups is 1. The highest BCUT2D eigenvalue weighted by atomic mass is 16.6. The molecule has 1 aliphatic rings. The van der Waals surface area contributed by atoms with E-state index in [1.165, 1.54) is 89.8 Å². The molecule has 0 spiro atoms. The quantitative estimate of drug-likeness (QED) is 0.137. The molecule has 1 saturated heterocycles. The largest absolute Gasteiger partial charge is 0.364 e. The van der Waals surface area contributed by atoms with Crippen LogP contribution in [0.15, 0.2) is 6.33 Å². The standard InChI is InChI=1S/C26H47N5O2/c1-3-4-5-6-7-8-9-10-11-12-13-14-15-17-20-27-25-24(31(32)33)26(29-22-28-25)30-21-18-16-19-23(30)2/h22-23H,3-21H2,1-2H3,(H,27,28,29). The van der Waals surface area contributed by atoms with Gasteiger partial charge in [0.05, 0.1) is 4.92 Å². The Labute approximate surface area is 201 Å². The number of rotatable bonds is 18. The van der Waals surface area contributed by atoms with Gasteiger partial charge in [-0.3, -0.25) is 10.1 Å². The van der Waals surface area contributed by atoms with Gasteiger partial charge in [-0.2, -0.15) is 0 Å². The van der Waals surface area contributed by atoms with E-state index in [2.05, 4.69) is 34.0 Å². The predicted octanol–water partition coefficient (Wildman–Crippen LogP) is 7.66. The summed E-state index contributed by atoms with van der Waals surface area (Å²) < 4.78 is 0. The van der Waals surface area contributed by atoms with E-state index in [-0.39, 0.29) is 16.7 Å². The first-order valence-corrected chi connectivity index (χ1v) is 13.6. The molecule has 2 heterocycles. The van der Waals surface area contributed by atoms with Crippen LogP contribution in [0, 0.1) is 10.1 Å². The molecule has 1 aliphatic heterocycles. The zero-order valence-electron chi connectivity index (χ0n) is 21.2. The van der Waals surface area contributed by atoms with Crippen molar-refractivity contribution in [1.29, 1.82) is 0 Å². The van der Waals surface area contributed by atoms with Crippen molar-refractivity contribution in [3.8, 4) is 0 Å². The minimum Gasteiger partial charge on any atom is -0.364 e. The summed E-state index contributed by atoms with van der Waals surface area (Å²) in [4.78, 5) is 22.0. The van der Waals surface area contributed by atoms with Crippen LogP contribution < -0.4 is 10.2 Å². The lowest BCUT2D eigenvalue weighted by Gasteiger charge is -2.33. The van der Waals surface area contributed by atoms with Gasteiger partial charge in [-0.1, -0.05) is 90.4 Å². The van der Waals surface area contributed by atoms with Gasteiger partial charge in [0.1, 0.15) is 6.33 Å². The van der Waals surface area contributed by atoms with Crippen LogP contribution in [0.25, 0.3) is 0 Å². The van der Waals surface area contributed by atoms with E-state index in [0.717, 1.165) is 32.2 Å². The first-order valence-electron chi connectivity index (χ1n) is 13.6. The molecule has 1 unspecified atom stereocenters. The van der Waals surface area contributed by atoms with Crippen molar-refractivity contribution in [1.82, 2.24) is 9.97 Å². The Balaban J connectivity index is 1.59. The number of aromatic nitrogens is 2. The first-order chi connectivity index (χ1) is 16.1. The zero-order chi connectivity index (χ0) is 23.7. The summed E-state index contributed by atoms with van der Waals surface area (Å²) in [5.74, 6) is 0.822. The molecule has 1 aromatic rings. The Morgan fingerprint density at radius 2 is 1.52 bits per heavy atom. The van der Waals surface area contributed by atoms with Gasteiger partial charge in [-0.15, -0.1) is 0 Å². The number of hydrogen-bond donors (Lipinski definition) is 1. The van der Waals surface area contributed by atoms with Gasteiger partial charge in [0.15, 0.2) is 0 Å². The maximum atomic E-state index is 11.8. The third-order valence-corrected chi connectivity index (χ3v) is 6.88. The van der Waals surface area contributed by atoms with Crippen LogP contribution in [0.1, 0.15) is 123 Å². The van der Waals surface area contributed by atoms with Crippen molar-refractivity contribution in [2.75, 3.05) is 23.3 Å². The smallest absolute Gasteiger partial charge is 0.353 e. The van der Waals surface area contributed by atoms with Crippen molar-refractivity contribution >= 4 is 17.3 Å². The van der Waals surface area contributed by atoms with Crippen molar-refractivity contribution in [3.05, 3.63) is 16.4 Å². The second-order valence-electron chi connectivity index (χ2n) is 9.71. The van der Waals surface area contributed by atoms with Gasteiger partial charge in [-0.05, 0) is 32.6 Å². The van der Waals surface area contributed by atoms with Gasteiger partial charge < -0.3 is 10.2 Å². The number of nitrogens with one attached hydrogen (secondary N) is 1. The van der Waals surface area contributed by atoms with Crippen LogP contribution in [0.2, 0.25) is 0 Å². The third kappa shape index (κ3) is 10.3. The van der Waals surface area contributed by atoms with Gasteiger partial charge >= 0.3 is 5.69 Å². The monoisotopic (exact) mass is 461 g/mol. The van der Waals surface area contributed by atoms with Crippen LogP contribution in [-0.2, 0) is 0 Å². The molecule has 2 rings (SSSR count). The minimum absolute atomic E-state index is 0.0246. The highest BCUT2D eigenvalue weighted by Gasteiger charge is 2.30. The van der Waals surface area contributed by atoms with Crippen molar-refractivity contribution in [2.24, 2.45) is 0 Å². The van der Waals surface area contributed by atoms with Gasteiger partial charge in [0.25, 0.3) is 0 Å². The number of unbranched alkanes of at least 4 members (excludes halogenated alkanes) is 13. The Morgan fingerprint density at radius 1 is 0.939 bits per heavy atom. The Kier molecular flexibility index (Phi) is 13.8. The number of piperidine rings is 1. The average Bonchev–Trinajstić information content (AvgIpc) is 2.81. The zero-order valence-corrected chi connectivity index (χ0v) is 21.2. The van der Waals surface area contributed by atoms with Crippen LogP contribution in [0.5, 0.6) is 0 Å². The maximum absolute atomic E-state index is 11.8. The van der Waals surface area contributed by atoms with E-state index < -0.39 is 0 Å². The SMILES string of the molecule is CCCCCCCCCCCCCCCCNc1ncnc(N2CCCCC2C)c1[N+](=O)[O-]. The molecular weight excluding hydrogens is 414 g/mol. The topological polar surface area (TPSA) is 84.2 Å². The molecule has 1 atom stereocenters. The van der Waals surface area contributed by atoms with Crippen molar-refractivity contribution in [3.63, 3.8) is 0 Å². The van der Waals surface area contributed by atoms with Gasteiger partial charge in [0.2, 0.25) is 11.6 Å². The minimum atomic E-state index is -0.329. The molecule has 0 bridgehead atoms. The summed E-state index contributed by atoms with van der Waals surface area (Å²) in [7, 11) is 0. The number of anilines is 2. The predicted molar refractivity (Wildman–Crippen MR) is 138 cm³/mol. The Morgan fingerprint density at radius 3 is 2.06 bits per heavy atom. The summed E-state index contributed by atoms with van der Waals surface area (Å²) >= 11 is 0. The molecule has 0 radical (unpaired) electrons. The van der Waals surface area contributed by atoms with E-state index in [1.807, 2.05) is 0 Å². The summed E-state index contributed by atoms with van der Waals surface area (Å²) in [6.45, 7) is 5.92. The molecule has 0 aromatic carbocycles. The average molecular weight is 462 g/mol. The lowest BCUT2D eigenvalue weighted by atomic mass is 10.0. The van der Waals surface area contributed by atoms with E-state index in [9.17, 15) is 10.1 Å². The van der Waals surface area contributed by atoms with Crippen LogP contribution in [0.3, 0.4) is 0 Å². The lowest BCUT2D eigenvalue weighted by Crippen LogP contribution is -2.38. The van der Waals surface area contributed by atoms with Crippen molar-refractivity contribution in [2.45, 2.75) is 129 Å². The Bertz CT molecular complexity index is 670. The normalized spacial score (nSPS) is 16.2. The molecule has 1 N–H and O–H groups in total. The summed E-state index contributed by atoms with van der Waals surface area (Å²) in [5, 5.41) is 15.0. The van der Waals surface area contributed by atoms with Crippen LogP contribution in [0.4, 0.5) is 17.3 Å². The van der Waals surface area contributed by atoms with E-state index in [0.29, 0.717) is 18.2 Å². The molecular formula is C26H47N5O2. The highest BCUT2D eigenvalue weighted by molar-refractivity contribution is 5.70. The molecule has 188 valence electrons. The molecule has 33 heavy (non-hydrogen) atoms. The summed E-state index contributed by atoms with van der Waals surface area (Å²) in [5.41, 5.74) is 0.0246. The first kappa shape index (κ1) is 27.3. The molecule has 0 aliphatic carbocycles. The molecule has 1 aromatic heterocycles.